The molecule has 0 bridgehead atoms. The van der Waals surface area contributed by atoms with E-state index in [1.165, 1.54) is 32.1 Å². The molecule has 0 aliphatic heterocycles. The number of nitrogens with one attached hydrogen (secondary N) is 5. The number of amides is 1. The van der Waals surface area contributed by atoms with Crippen molar-refractivity contribution in [2.24, 2.45) is 5.92 Å². The zero-order valence-electron chi connectivity index (χ0n) is 20.5. The van der Waals surface area contributed by atoms with Gasteiger partial charge >= 0.3 is 11.6 Å². The monoisotopic (exact) mass is 478 g/mol. The lowest BCUT2D eigenvalue weighted by Gasteiger charge is -2.23. The van der Waals surface area contributed by atoms with Gasteiger partial charge in [0.15, 0.2) is 12.1 Å². The molecule has 9 nitrogen and oxygen atoms in total. The van der Waals surface area contributed by atoms with Crippen LogP contribution < -0.4 is 25.7 Å². The molecule has 0 unspecified atom stereocenters. The first-order valence-corrected chi connectivity index (χ1v) is 13.0. The maximum Gasteiger partial charge on any atom is 0.307 e. The van der Waals surface area contributed by atoms with Crippen molar-refractivity contribution in [1.82, 2.24) is 20.3 Å². The number of ether oxygens (including phenoxy) is 1. The third-order valence-electron chi connectivity index (χ3n) is 6.81. The van der Waals surface area contributed by atoms with Crippen molar-refractivity contribution in [1.29, 1.82) is 0 Å². The average molecular weight is 479 g/mol. The van der Waals surface area contributed by atoms with Crippen molar-refractivity contribution in [2.45, 2.75) is 70.8 Å². The Morgan fingerprint density at radius 2 is 2.00 bits per heavy atom. The number of anilines is 3. The minimum atomic E-state index is 0.207. The number of hydrogen-bond acceptors (Lipinski definition) is 6. The zero-order valence-corrected chi connectivity index (χ0v) is 20.5. The van der Waals surface area contributed by atoms with Gasteiger partial charge in [0.2, 0.25) is 11.4 Å². The smallest absolute Gasteiger partial charge is 0.307 e. The van der Waals surface area contributed by atoms with Gasteiger partial charge in [0.1, 0.15) is 5.75 Å². The SMILES string of the molecule is Cc1cc(OCCCCNC(=O)C2CC2)ccc1Nc1nc(NC2CCCCC2)c2[nH]c[nH+]c2n1. The highest BCUT2D eigenvalue weighted by atomic mass is 16.5. The fourth-order valence-electron chi connectivity index (χ4n) is 4.58. The summed E-state index contributed by atoms with van der Waals surface area (Å²) in [6.45, 7) is 3.40. The second-order valence-corrected chi connectivity index (χ2v) is 9.75. The molecule has 2 aliphatic rings. The summed E-state index contributed by atoms with van der Waals surface area (Å²) in [7, 11) is 0. The van der Waals surface area contributed by atoms with Crippen molar-refractivity contribution in [3.63, 3.8) is 0 Å². The summed E-state index contributed by atoms with van der Waals surface area (Å²) >= 11 is 0. The highest BCUT2D eigenvalue weighted by molar-refractivity contribution is 5.82. The van der Waals surface area contributed by atoms with E-state index in [0.717, 1.165) is 66.2 Å². The van der Waals surface area contributed by atoms with Gasteiger partial charge in [-0.1, -0.05) is 24.2 Å². The molecule has 0 atom stereocenters. The van der Waals surface area contributed by atoms with Crippen LogP contribution >= 0.6 is 0 Å². The largest absolute Gasteiger partial charge is 0.494 e. The number of rotatable bonds is 11. The van der Waals surface area contributed by atoms with Crippen LogP contribution in [-0.2, 0) is 4.79 Å². The Morgan fingerprint density at radius 3 is 2.80 bits per heavy atom. The number of H-pyrrole nitrogens is 2. The molecule has 2 fully saturated rings. The first-order chi connectivity index (χ1) is 17.2. The Labute approximate surface area is 205 Å². The van der Waals surface area contributed by atoms with E-state index in [9.17, 15) is 4.79 Å². The lowest BCUT2D eigenvalue weighted by Crippen LogP contribution is -2.25. The molecular formula is C26H36N7O2+. The minimum absolute atomic E-state index is 0.207. The molecule has 2 saturated carbocycles. The third-order valence-corrected chi connectivity index (χ3v) is 6.81. The first-order valence-electron chi connectivity index (χ1n) is 13.0. The van der Waals surface area contributed by atoms with Crippen LogP contribution in [0.5, 0.6) is 5.75 Å². The number of aryl methyl sites for hydroxylation is 1. The summed E-state index contributed by atoms with van der Waals surface area (Å²) in [5, 5.41) is 10.00. The fourth-order valence-corrected chi connectivity index (χ4v) is 4.58. The van der Waals surface area contributed by atoms with E-state index in [1.54, 1.807) is 6.33 Å². The van der Waals surface area contributed by atoms with E-state index < -0.39 is 0 Å². The third kappa shape index (κ3) is 6.21. The Morgan fingerprint density at radius 1 is 1.14 bits per heavy atom. The number of carbonyl (C=O) groups excluding carboxylic acids is 1. The molecule has 1 amide bonds. The molecule has 2 heterocycles. The van der Waals surface area contributed by atoms with Gasteiger partial charge in [-0.25, -0.2) is 4.98 Å². The first kappa shape index (κ1) is 23.4. The standard InChI is InChI=1S/C26H35N7O2/c1-17-15-20(35-14-6-5-13-27-25(34)18-9-10-18)11-12-21(17)31-26-32-23-22(28-16-29-23)24(33-26)30-19-7-3-2-4-8-19/h11-12,15-16,18-19H,2-10,13-14H2,1H3,(H,27,34)(H3,28,29,30,31,32,33)/p+1. The summed E-state index contributed by atoms with van der Waals surface area (Å²) in [5.74, 6) is 2.70. The summed E-state index contributed by atoms with van der Waals surface area (Å²) in [5.41, 5.74) is 3.67. The molecule has 2 aromatic heterocycles. The average Bonchev–Trinajstić information content (AvgIpc) is 3.61. The van der Waals surface area contributed by atoms with Gasteiger partial charge in [0.05, 0.1) is 6.61 Å². The molecule has 5 N–H and O–H groups in total. The zero-order chi connectivity index (χ0) is 24.0. The summed E-state index contributed by atoms with van der Waals surface area (Å²) < 4.78 is 5.92. The molecule has 0 saturated heterocycles. The predicted octanol–water partition coefficient (Wildman–Crippen LogP) is 4.25. The Bertz CT molecular complexity index is 1150. The van der Waals surface area contributed by atoms with Gasteiger partial charge in [-0.2, -0.15) is 4.98 Å². The lowest BCUT2D eigenvalue weighted by atomic mass is 9.95. The molecule has 186 valence electrons. The number of aromatic nitrogens is 4. The highest BCUT2D eigenvalue weighted by Crippen LogP contribution is 2.29. The fraction of sp³-hybridized carbons (Fsp3) is 0.538. The molecule has 9 heteroatoms. The van der Waals surface area contributed by atoms with Crippen LogP contribution in [0.1, 0.15) is 63.4 Å². The molecule has 0 spiro atoms. The van der Waals surface area contributed by atoms with Crippen LogP contribution in [0.25, 0.3) is 11.2 Å². The summed E-state index contributed by atoms with van der Waals surface area (Å²) in [4.78, 5) is 27.5. The second-order valence-electron chi connectivity index (χ2n) is 9.75. The molecular weight excluding hydrogens is 442 g/mol. The van der Waals surface area contributed by atoms with Crippen molar-refractivity contribution < 1.29 is 14.5 Å². The Hall–Kier alpha value is -3.36. The van der Waals surface area contributed by atoms with Gasteiger partial charge in [-0.3, -0.25) is 9.78 Å². The van der Waals surface area contributed by atoms with E-state index in [1.807, 2.05) is 25.1 Å². The predicted molar refractivity (Wildman–Crippen MR) is 136 cm³/mol. The van der Waals surface area contributed by atoms with Crippen LogP contribution in [0.15, 0.2) is 24.5 Å². The molecule has 1 aromatic carbocycles. The van der Waals surface area contributed by atoms with Gasteiger partial charge in [-0.15, -0.1) is 0 Å². The van der Waals surface area contributed by atoms with Crippen molar-refractivity contribution >= 4 is 34.5 Å². The normalized spacial score (nSPS) is 16.3. The van der Waals surface area contributed by atoms with E-state index in [4.69, 9.17) is 9.72 Å². The van der Waals surface area contributed by atoms with Crippen LogP contribution in [0.2, 0.25) is 0 Å². The number of hydrogen-bond donors (Lipinski definition) is 4. The van der Waals surface area contributed by atoms with Crippen molar-refractivity contribution in [2.75, 3.05) is 23.8 Å². The van der Waals surface area contributed by atoms with Gasteiger partial charge in [0, 0.05) is 24.2 Å². The lowest BCUT2D eigenvalue weighted by molar-refractivity contribution is -0.347. The van der Waals surface area contributed by atoms with Crippen LogP contribution in [0, 0.1) is 12.8 Å². The summed E-state index contributed by atoms with van der Waals surface area (Å²) in [6, 6.07) is 6.44. The van der Waals surface area contributed by atoms with Crippen LogP contribution in [0.3, 0.4) is 0 Å². The van der Waals surface area contributed by atoms with Gasteiger partial charge in [0.25, 0.3) is 0 Å². The topological polar surface area (TPSA) is 118 Å². The van der Waals surface area contributed by atoms with Gasteiger partial charge in [-0.05, 0) is 69.2 Å². The maximum absolute atomic E-state index is 11.7. The molecule has 3 aromatic rings. The van der Waals surface area contributed by atoms with E-state index in [0.29, 0.717) is 18.6 Å². The number of benzene rings is 1. The number of carbonyl (C=O) groups is 1. The van der Waals surface area contributed by atoms with Crippen molar-refractivity contribution in [3.8, 4) is 5.75 Å². The number of aromatic amines is 2. The van der Waals surface area contributed by atoms with Crippen LogP contribution in [0.4, 0.5) is 17.5 Å². The Kier molecular flexibility index (Phi) is 7.30. The molecule has 2 aliphatic carbocycles. The number of unbranched alkanes of at least 4 members (excludes halogenated alkanes) is 1. The van der Waals surface area contributed by atoms with Crippen LogP contribution in [-0.4, -0.2) is 40.1 Å². The maximum atomic E-state index is 11.7. The van der Waals surface area contributed by atoms with E-state index >= 15 is 0 Å². The van der Waals surface area contributed by atoms with E-state index in [-0.39, 0.29) is 11.8 Å². The minimum Gasteiger partial charge on any atom is -0.494 e. The number of imidazole rings is 1. The molecule has 0 radical (unpaired) electrons. The van der Waals surface area contributed by atoms with Gasteiger partial charge < -0.3 is 20.7 Å². The quantitative estimate of drug-likeness (QED) is 0.306. The summed E-state index contributed by atoms with van der Waals surface area (Å²) in [6.07, 6.45) is 11.9. The number of nitrogens with zero attached hydrogens (tertiary/aromatic N) is 2. The highest BCUT2D eigenvalue weighted by Gasteiger charge is 2.29. The number of fused-ring (bicyclic) bond motifs is 1. The second kappa shape index (κ2) is 10.9. The van der Waals surface area contributed by atoms with Crippen molar-refractivity contribution in [3.05, 3.63) is 30.1 Å². The van der Waals surface area contributed by atoms with E-state index in [2.05, 4.69) is 30.9 Å². The molecule has 5 rings (SSSR count). The molecule has 35 heavy (non-hydrogen) atoms. The Balaban J connectivity index is 1.16.